The van der Waals surface area contributed by atoms with Crippen LogP contribution >= 0.6 is 0 Å². The summed E-state index contributed by atoms with van der Waals surface area (Å²) < 4.78 is 9.70. The van der Waals surface area contributed by atoms with E-state index < -0.39 is 6.16 Å². The zero-order valence-electron chi connectivity index (χ0n) is 8.66. The first-order valence-electron chi connectivity index (χ1n) is 4.90. The van der Waals surface area contributed by atoms with E-state index in [1.807, 2.05) is 13.0 Å². The van der Waals surface area contributed by atoms with Gasteiger partial charge < -0.3 is 9.47 Å². The number of allylic oxidation sites excluding steroid dienone is 3. The lowest BCUT2D eigenvalue weighted by atomic mass is 10.1. The van der Waals surface area contributed by atoms with Crippen LogP contribution in [0.2, 0.25) is 0 Å². The van der Waals surface area contributed by atoms with Gasteiger partial charge in [-0.25, -0.2) is 4.79 Å². The topological polar surface area (TPSA) is 35.5 Å². The second kappa shape index (κ2) is 5.47. The molecule has 0 bridgehead atoms. The van der Waals surface area contributed by atoms with Crippen molar-refractivity contribution in [1.29, 1.82) is 0 Å². The molecule has 0 spiro atoms. The lowest BCUT2D eigenvalue weighted by Crippen LogP contribution is -2.16. The van der Waals surface area contributed by atoms with Crippen molar-refractivity contribution in [2.45, 2.75) is 32.8 Å². The fraction of sp³-hybridized carbons (Fsp3) is 0.545. The summed E-state index contributed by atoms with van der Waals surface area (Å²) >= 11 is 0. The molecule has 0 aromatic heterocycles. The average molecular weight is 196 g/mol. The fourth-order valence-electron chi connectivity index (χ4n) is 1.37. The second-order valence-corrected chi connectivity index (χ2v) is 3.27. The summed E-state index contributed by atoms with van der Waals surface area (Å²) in [5.74, 6) is 0. The van der Waals surface area contributed by atoms with Gasteiger partial charge in [0.05, 0.1) is 6.61 Å². The largest absolute Gasteiger partial charge is 0.508 e. The van der Waals surface area contributed by atoms with Gasteiger partial charge in [-0.1, -0.05) is 23.8 Å². The van der Waals surface area contributed by atoms with Crippen molar-refractivity contribution in [3.63, 3.8) is 0 Å². The first-order chi connectivity index (χ1) is 6.72. The van der Waals surface area contributed by atoms with Gasteiger partial charge in [-0.2, -0.15) is 0 Å². The molecule has 0 N–H and O–H groups in total. The van der Waals surface area contributed by atoms with Crippen LogP contribution in [0.4, 0.5) is 4.79 Å². The standard InChI is InChI=1S/C11H16O3/c1-3-13-11(12)14-9(2)8-10-6-4-5-7-10/h4-6,9H,3,7-8H2,1-2H3. The molecule has 3 nitrogen and oxygen atoms in total. The Morgan fingerprint density at radius 3 is 3.00 bits per heavy atom. The van der Waals surface area contributed by atoms with Gasteiger partial charge in [-0.05, 0) is 20.3 Å². The summed E-state index contributed by atoms with van der Waals surface area (Å²) in [6.45, 7) is 3.99. The van der Waals surface area contributed by atoms with E-state index in [9.17, 15) is 4.79 Å². The number of rotatable bonds is 4. The van der Waals surface area contributed by atoms with Crippen molar-refractivity contribution in [1.82, 2.24) is 0 Å². The molecular formula is C11H16O3. The zero-order chi connectivity index (χ0) is 10.4. The third kappa shape index (κ3) is 3.64. The van der Waals surface area contributed by atoms with Crippen LogP contribution in [0.25, 0.3) is 0 Å². The van der Waals surface area contributed by atoms with Crippen LogP contribution < -0.4 is 0 Å². The Kier molecular flexibility index (Phi) is 4.23. The number of ether oxygens (including phenoxy) is 2. The summed E-state index contributed by atoms with van der Waals surface area (Å²) in [4.78, 5) is 10.9. The minimum atomic E-state index is -0.577. The molecule has 0 aromatic rings. The summed E-state index contributed by atoms with van der Waals surface area (Å²) in [7, 11) is 0. The second-order valence-electron chi connectivity index (χ2n) is 3.27. The van der Waals surface area contributed by atoms with Crippen molar-refractivity contribution in [3.05, 3.63) is 23.8 Å². The molecule has 1 rings (SSSR count). The number of carbonyl (C=O) groups is 1. The van der Waals surface area contributed by atoms with Gasteiger partial charge in [0.25, 0.3) is 0 Å². The van der Waals surface area contributed by atoms with E-state index in [4.69, 9.17) is 4.74 Å². The minimum absolute atomic E-state index is 0.111. The Morgan fingerprint density at radius 2 is 2.43 bits per heavy atom. The van der Waals surface area contributed by atoms with Crippen molar-refractivity contribution >= 4 is 6.16 Å². The first-order valence-corrected chi connectivity index (χ1v) is 4.90. The Hall–Kier alpha value is -1.25. The Balaban J connectivity index is 2.21. The Labute approximate surface area is 84.4 Å². The van der Waals surface area contributed by atoms with Crippen molar-refractivity contribution in [3.8, 4) is 0 Å². The smallest absolute Gasteiger partial charge is 0.435 e. The molecule has 0 fully saturated rings. The van der Waals surface area contributed by atoms with E-state index in [1.54, 1.807) is 6.92 Å². The first kappa shape index (κ1) is 10.8. The maximum absolute atomic E-state index is 10.9. The van der Waals surface area contributed by atoms with E-state index in [0.717, 1.165) is 12.8 Å². The van der Waals surface area contributed by atoms with Crippen molar-refractivity contribution < 1.29 is 14.3 Å². The van der Waals surface area contributed by atoms with Gasteiger partial charge in [0.15, 0.2) is 0 Å². The number of carbonyl (C=O) groups excluding carboxylic acids is 1. The molecule has 1 atom stereocenters. The van der Waals surface area contributed by atoms with Gasteiger partial charge in [0.2, 0.25) is 0 Å². The summed E-state index contributed by atoms with van der Waals surface area (Å²) in [6.07, 6.45) is 7.23. The molecule has 14 heavy (non-hydrogen) atoms. The van der Waals surface area contributed by atoms with Gasteiger partial charge >= 0.3 is 6.16 Å². The lowest BCUT2D eigenvalue weighted by molar-refractivity contribution is 0.0324. The van der Waals surface area contributed by atoms with Crippen LogP contribution in [0.1, 0.15) is 26.7 Å². The van der Waals surface area contributed by atoms with E-state index in [2.05, 4.69) is 16.9 Å². The van der Waals surface area contributed by atoms with E-state index in [1.165, 1.54) is 5.57 Å². The van der Waals surface area contributed by atoms with Crippen molar-refractivity contribution in [2.24, 2.45) is 0 Å². The molecule has 0 aromatic carbocycles. The van der Waals surface area contributed by atoms with E-state index >= 15 is 0 Å². The molecule has 1 aliphatic carbocycles. The summed E-state index contributed by atoms with van der Waals surface area (Å²) in [5, 5.41) is 0. The summed E-state index contributed by atoms with van der Waals surface area (Å²) in [6, 6.07) is 0. The van der Waals surface area contributed by atoms with Crippen LogP contribution in [-0.4, -0.2) is 18.9 Å². The number of hydrogen-bond donors (Lipinski definition) is 0. The molecule has 78 valence electrons. The zero-order valence-corrected chi connectivity index (χ0v) is 8.66. The molecule has 0 saturated carbocycles. The Bertz CT molecular complexity index is 253. The molecule has 1 aliphatic rings. The number of hydrogen-bond acceptors (Lipinski definition) is 3. The maximum atomic E-state index is 10.9. The maximum Gasteiger partial charge on any atom is 0.508 e. The minimum Gasteiger partial charge on any atom is -0.435 e. The molecule has 0 aliphatic heterocycles. The quantitative estimate of drug-likeness (QED) is 0.648. The van der Waals surface area contributed by atoms with Crippen LogP contribution in [0.5, 0.6) is 0 Å². The van der Waals surface area contributed by atoms with Gasteiger partial charge in [-0.3, -0.25) is 0 Å². The third-order valence-electron chi connectivity index (χ3n) is 1.96. The van der Waals surface area contributed by atoms with Gasteiger partial charge in [0.1, 0.15) is 6.10 Å². The molecule has 1 unspecified atom stereocenters. The predicted octanol–water partition coefficient (Wildman–Crippen LogP) is 2.82. The molecule has 3 heteroatoms. The molecule has 0 radical (unpaired) electrons. The summed E-state index contributed by atoms with van der Waals surface area (Å²) in [5.41, 5.74) is 1.29. The highest BCUT2D eigenvalue weighted by Gasteiger charge is 2.12. The van der Waals surface area contributed by atoms with Crippen LogP contribution in [-0.2, 0) is 9.47 Å². The highest BCUT2D eigenvalue weighted by atomic mass is 16.7. The van der Waals surface area contributed by atoms with Crippen LogP contribution in [0, 0.1) is 0 Å². The third-order valence-corrected chi connectivity index (χ3v) is 1.96. The molecule has 0 saturated heterocycles. The van der Waals surface area contributed by atoms with Crippen LogP contribution in [0.15, 0.2) is 23.8 Å². The fourth-order valence-corrected chi connectivity index (χ4v) is 1.37. The molecule has 0 heterocycles. The average Bonchev–Trinajstić information content (AvgIpc) is 2.56. The monoisotopic (exact) mass is 196 g/mol. The predicted molar refractivity (Wildman–Crippen MR) is 54.0 cm³/mol. The van der Waals surface area contributed by atoms with Gasteiger partial charge in [0, 0.05) is 6.42 Å². The highest BCUT2D eigenvalue weighted by molar-refractivity contribution is 5.60. The van der Waals surface area contributed by atoms with Crippen molar-refractivity contribution in [2.75, 3.05) is 6.61 Å². The molecular weight excluding hydrogens is 180 g/mol. The van der Waals surface area contributed by atoms with Gasteiger partial charge in [-0.15, -0.1) is 0 Å². The Morgan fingerprint density at radius 1 is 1.64 bits per heavy atom. The SMILES string of the molecule is CCOC(=O)OC(C)CC1=CC=CC1. The highest BCUT2D eigenvalue weighted by Crippen LogP contribution is 2.17. The van der Waals surface area contributed by atoms with Crippen LogP contribution in [0.3, 0.4) is 0 Å². The normalized spacial score (nSPS) is 16.3. The lowest BCUT2D eigenvalue weighted by Gasteiger charge is -2.12. The van der Waals surface area contributed by atoms with E-state index in [-0.39, 0.29) is 6.10 Å². The van der Waals surface area contributed by atoms with E-state index in [0.29, 0.717) is 6.61 Å². The molecule has 0 amide bonds.